The normalized spacial score (nSPS) is 10.9. The first-order valence-electron chi connectivity index (χ1n) is 7.83. The van der Waals surface area contributed by atoms with E-state index in [0.717, 1.165) is 10.0 Å². The summed E-state index contributed by atoms with van der Waals surface area (Å²) in [6.45, 7) is 3.85. The van der Waals surface area contributed by atoms with Crippen LogP contribution in [0.4, 0.5) is 5.69 Å². The Morgan fingerprint density at radius 2 is 2.08 bits per heavy atom. The van der Waals surface area contributed by atoms with E-state index in [-0.39, 0.29) is 16.5 Å². The number of aromatic nitrogens is 2. The van der Waals surface area contributed by atoms with E-state index in [2.05, 4.69) is 26.2 Å². The lowest BCUT2D eigenvalue weighted by molar-refractivity contribution is 0.0696. The predicted octanol–water partition coefficient (Wildman–Crippen LogP) is 4.57. The summed E-state index contributed by atoms with van der Waals surface area (Å²) in [7, 11) is 0. The van der Waals surface area contributed by atoms with Crippen molar-refractivity contribution in [3.05, 3.63) is 62.5 Å². The molecule has 6 nitrogen and oxygen atoms in total. The minimum atomic E-state index is -1.16. The summed E-state index contributed by atoms with van der Waals surface area (Å²) in [6.07, 6.45) is 2.37. The third-order valence-electron chi connectivity index (χ3n) is 3.95. The summed E-state index contributed by atoms with van der Waals surface area (Å²) in [4.78, 5) is 28.7. The lowest BCUT2D eigenvalue weighted by Crippen LogP contribution is -2.16. The smallest absolute Gasteiger partial charge is 0.337 e. The molecular formula is C18H15BrClN3O3. The van der Waals surface area contributed by atoms with Gasteiger partial charge in [0.1, 0.15) is 11.3 Å². The Morgan fingerprint density at radius 1 is 1.35 bits per heavy atom. The maximum atomic E-state index is 12.9. The van der Waals surface area contributed by atoms with Crippen molar-refractivity contribution in [2.75, 3.05) is 5.32 Å². The van der Waals surface area contributed by atoms with Gasteiger partial charge in [0.15, 0.2) is 0 Å². The second-order valence-corrected chi connectivity index (χ2v) is 7.07. The highest BCUT2D eigenvalue weighted by atomic mass is 79.9. The van der Waals surface area contributed by atoms with Crippen LogP contribution < -0.4 is 5.32 Å². The molecule has 0 saturated heterocycles. The fourth-order valence-corrected chi connectivity index (χ4v) is 3.51. The Balaban J connectivity index is 2.06. The van der Waals surface area contributed by atoms with Gasteiger partial charge in [-0.3, -0.25) is 9.20 Å². The molecule has 2 N–H and O–H groups in total. The quantitative estimate of drug-likeness (QED) is 0.627. The van der Waals surface area contributed by atoms with Crippen LogP contribution in [0.15, 0.2) is 34.9 Å². The van der Waals surface area contributed by atoms with Crippen LogP contribution in [0.5, 0.6) is 0 Å². The molecule has 26 heavy (non-hydrogen) atoms. The van der Waals surface area contributed by atoms with E-state index in [1.165, 1.54) is 12.1 Å². The fraction of sp³-hybridized carbons (Fsp3) is 0.167. The van der Waals surface area contributed by atoms with Crippen LogP contribution in [-0.4, -0.2) is 26.4 Å². The molecule has 3 aromatic rings. The maximum absolute atomic E-state index is 12.9. The number of aryl methyl sites for hydroxylation is 2. The molecule has 2 aromatic heterocycles. The Bertz CT molecular complexity index is 1050. The highest BCUT2D eigenvalue weighted by Crippen LogP contribution is 2.24. The van der Waals surface area contributed by atoms with Gasteiger partial charge in [-0.15, -0.1) is 0 Å². The van der Waals surface area contributed by atoms with E-state index < -0.39 is 5.97 Å². The SMILES string of the molecule is CCc1nc2c(C)cc(Br)cn2c1C(=O)Nc1ccc(Cl)c(C(=O)O)c1. The number of benzene rings is 1. The van der Waals surface area contributed by atoms with E-state index >= 15 is 0 Å². The summed E-state index contributed by atoms with van der Waals surface area (Å²) in [5.41, 5.74) is 3.00. The van der Waals surface area contributed by atoms with Crippen molar-refractivity contribution >= 4 is 50.7 Å². The molecule has 0 unspecified atom stereocenters. The second-order valence-electron chi connectivity index (χ2n) is 5.75. The van der Waals surface area contributed by atoms with Gasteiger partial charge in [-0.05, 0) is 59.1 Å². The largest absolute Gasteiger partial charge is 0.478 e. The summed E-state index contributed by atoms with van der Waals surface area (Å²) >= 11 is 9.31. The number of carboxylic acids is 1. The van der Waals surface area contributed by atoms with Gasteiger partial charge in [0.25, 0.3) is 5.91 Å². The molecule has 134 valence electrons. The number of carboxylic acid groups (broad SMARTS) is 1. The maximum Gasteiger partial charge on any atom is 0.337 e. The fourth-order valence-electron chi connectivity index (χ4n) is 2.76. The molecule has 2 heterocycles. The summed E-state index contributed by atoms with van der Waals surface area (Å²) in [5.74, 6) is -1.53. The third kappa shape index (κ3) is 3.32. The van der Waals surface area contributed by atoms with Gasteiger partial charge in [-0.25, -0.2) is 9.78 Å². The minimum Gasteiger partial charge on any atom is -0.478 e. The zero-order valence-corrected chi connectivity index (χ0v) is 16.3. The van der Waals surface area contributed by atoms with Crippen LogP contribution in [0, 0.1) is 6.92 Å². The van der Waals surface area contributed by atoms with Crippen LogP contribution in [0.2, 0.25) is 5.02 Å². The van der Waals surface area contributed by atoms with E-state index in [1.807, 2.05) is 19.9 Å². The van der Waals surface area contributed by atoms with Gasteiger partial charge in [0.05, 0.1) is 16.3 Å². The van der Waals surface area contributed by atoms with Crippen molar-refractivity contribution in [2.24, 2.45) is 0 Å². The molecule has 0 aliphatic rings. The van der Waals surface area contributed by atoms with E-state index in [9.17, 15) is 14.7 Å². The molecule has 1 amide bonds. The number of nitrogens with zero attached hydrogens (tertiary/aromatic N) is 2. The predicted molar refractivity (Wildman–Crippen MR) is 103 cm³/mol. The monoisotopic (exact) mass is 435 g/mol. The highest BCUT2D eigenvalue weighted by molar-refractivity contribution is 9.10. The van der Waals surface area contributed by atoms with Crippen molar-refractivity contribution in [3.63, 3.8) is 0 Å². The van der Waals surface area contributed by atoms with Crippen molar-refractivity contribution in [1.82, 2.24) is 9.38 Å². The first-order valence-corrected chi connectivity index (χ1v) is 9.00. The first-order chi connectivity index (χ1) is 12.3. The Kier molecular flexibility index (Phi) is 5.02. The third-order valence-corrected chi connectivity index (χ3v) is 4.71. The summed E-state index contributed by atoms with van der Waals surface area (Å²) in [5, 5.41) is 12.0. The molecule has 0 saturated carbocycles. The second kappa shape index (κ2) is 7.09. The summed E-state index contributed by atoms with van der Waals surface area (Å²) < 4.78 is 2.57. The van der Waals surface area contributed by atoms with Crippen LogP contribution in [0.25, 0.3) is 5.65 Å². The Hall–Kier alpha value is -2.38. The number of fused-ring (bicyclic) bond motifs is 1. The number of nitrogens with one attached hydrogen (secondary N) is 1. The van der Waals surface area contributed by atoms with E-state index in [4.69, 9.17) is 11.6 Å². The molecule has 0 atom stereocenters. The number of carbonyl (C=O) groups excluding carboxylic acids is 1. The van der Waals surface area contributed by atoms with Crippen LogP contribution in [0.3, 0.4) is 0 Å². The average Bonchev–Trinajstić information content (AvgIpc) is 2.95. The van der Waals surface area contributed by atoms with Crippen molar-refractivity contribution < 1.29 is 14.7 Å². The molecule has 8 heteroatoms. The number of amides is 1. The number of rotatable bonds is 4. The number of imidazole rings is 1. The summed E-state index contributed by atoms with van der Waals surface area (Å²) in [6, 6.07) is 6.26. The van der Waals surface area contributed by atoms with Crippen molar-refractivity contribution in [2.45, 2.75) is 20.3 Å². The van der Waals surface area contributed by atoms with Gasteiger partial charge in [0.2, 0.25) is 0 Å². The Labute approximate surface area is 162 Å². The number of anilines is 1. The number of halogens is 2. The molecule has 1 aromatic carbocycles. The molecular weight excluding hydrogens is 422 g/mol. The molecule has 0 bridgehead atoms. The first kappa shape index (κ1) is 18.4. The van der Waals surface area contributed by atoms with Crippen LogP contribution in [0.1, 0.15) is 39.0 Å². The van der Waals surface area contributed by atoms with E-state index in [1.54, 1.807) is 16.7 Å². The van der Waals surface area contributed by atoms with Gasteiger partial charge >= 0.3 is 5.97 Å². The molecule has 0 aliphatic heterocycles. The number of hydrogen-bond acceptors (Lipinski definition) is 3. The standard InChI is InChI=1S/C18H15BrClN3O3/c1-3-14-15(23-8-10(19)6-9(2)16(23)22-14)17(24)21-11-4-5-13(20)12(7-11)18(25)26/h4-8H,3H2,1-2H3,(H,21,24)(H,25,26). The lowest BCUT2D eigenvalue weighted by atomic mass is 10.2. The zero-order chi connectivity index (χ0) is 19.0. The molecule has 0 radical (unpaired) electrons. The van der Waals surface area contributed by atoms with E-state index in [0.29, 0.717) is 29.1 Å². The average molecular weight is 437 g/mol. The topological polar surface area (TPSA) is 83.7 Å². The Morgan fingerprint density at radius 3 is 2.73 bits per heavy atom. The van der Waals surface area contributed by atoms with Crippen molar-refractivity contribution in [3.8, 4) is 0 Å². The van der Waals surface area contributed by atoms with Gasteiger partial charge in [-0.2, -0.15) is 0 Å². The number of aromatic carboxylic acids is 1. The number of carbonyl (C=O) groups is 2. The van der Waals surface area contributed by atoms with Crippen LogP contribution >= 0.6 is 27.5 Å². The molecule has 0 spiro atoms. The van der Waals surface area contributed by atoms with Crippen LogP contribution in [-0.2, 0) is 6.42 Å². The molecule has 3 rings (SSSR count). The van der Waals surface area contributed by atoms with Gasteiger partial charge in [0, 0.05) is 16.4 Å². The highest BCUT2D eigenvalue weighted by Gasteiger charge is 2.20. The van der Waals surface area contributed by atoms with Gasteiger partial charge in [-0.1, -0.05) is 18.5 Å². The minimum absolute atomic E-state index is 0.0723. The van der Waals surface area contributed by atoms with Gasteiger partial charge < -0.3 is 10.4 Å². The zero-order valence-electron chi connectivity index (χ0n) is 14.0. The van der Waals surface area contributed by atoms with Crippen molar-refractivity contribution in [1.29, 1.82) is 0 Å². The number of hydrogen-bond donors (Lipinski definition) is 2. The molecule has 0 aliphatic carbocycles. The molecule has 0 fully saturated rings. The number of pyridine rings is 1. The lowest BCUT2D eigenvalue weighted by Gasteiger charge is -2.09.